The van der Waals surface area contributed by atoms with Crippen LogP contribution in [-0.2, 0) is 32.0 Å². The second-order valence-corrected chi connectivity index (χ2v) is 8.57. The molecule has 1 aromatic carbocycles. The van der Waals surface area contributed by atoms with Crippen molar-refractivity contribution in [1.82, 2.24) is 25.9 Å². The molecule has 0 saturated heterocycles. The van der Waals surface area contributed by atoms with E-state index in [4.69, 9.17) is 11.5 Å². The van der Waals surface area contributed by atoms with Gasteiger partial charge in [-0.15, -0.1) is 0 Å². The molecule has 10 N–H and O–H groups in total. The fraction of sp³-hybridized carbons (Fsp3) is 0.458. The molecule has 0 aliphatic heterocycles. The van der Waals surface area contributed by atoms with E-state index in [0.29, 0.717) is 25.1 Å². The molecule has 0 aliphatic carbocycles. The molecule has 0 fully saturated rings. The van der Waals surface area contributed by atoms with Gasteiger partial charge in [-0.25, -0.2) is 9.78 Å². The highest BCUT2D eigenvalue weighted by atomic mass is 16.4. The summed E-state index contributed by atoms with van der Waals surface area (Å²) in [6, 6.07) is 4.31. The minimum Gasteiger partial charge on any atom is -0.480 e. The molecule has 13 heteroatoms. The van der Waals surface area contributed by atoms with Crippen LogP contribution in [0.1, 0.15) is 30.5 Å². The Hall–Kier alpha value is -3.81. The van der Waals surface area contributed by atoms with Crippen LogP contribution in [0.3, 0.4) is 0 Å². The number of imidazole rings is 1. The summed E-state index contributed by atoms with van der Waals surface area (Å²) in [5, 5.41) is 26.5. The summed E-state index contributed by atoms with van der Waals surface area (Å²) in [7, 11) is 0. The number of hydrogen-bond donors (Lipinski definition) is 8. The van der Waals surface area contributed by atoms with Crippen LogP contribution < -0.4 is 27.4 Å². The summed E-state index contributed by atoms with van der Waals surface area (Å²) in [5.74, 6) is -3.45. The number of aliphatic hydroxyl groups excluding tert-OH is 1. The molecule has 2 aromatic rings. The van der Waals surface area contributed by atoms with E-state index in [2.05, 4.69) is 25.9 Å². The van der Waals surface area contributed by atoms with Crippen LogP contribution in [0.25, 0.3) is 0 Å². The number of aliphatic carboxylic acids is 1. The summed E-state index contributed by atoms with van der Waals surface area (Å²) in [5.41, 5.74) is 12.7. The summed E-state index contributed by atoms with van der Waals surface area (Å²) in [6.45, 7) is -0.354. The Balaban J connectivity index is 2.06. The van der Waals surface area contributed by atoms with Crippen molar-refractivity contribution in [3.63, 3.8) is 0 Å². The number of carbonyl (C=O) groups is 4. The van der Waals surface area contributed by atoms with Gasteiger partial charge >= 0.3 is 5.97 Å². The molecule has 4 unspecified atom stereocenters. The SMILES string of the molecule is NCCCCC(NC(=O)C(Cc1cnc[nH]1)NC(=O)C(CO)NC(=O)C(N)Cc1ccccc1)C(=O)O. The van der Waals surface area contributed by atoms with Gasteiger partial charge in [-0.1, -0.05) is 30.3 Å². The van der Waals surface area contributed by atoms with E-state index in [1.165, 1.54) is 12.5 Å². The average Bonchev–Trinajstić information content (AvgIpc) is 3.39. The molecule has 0 spiro atoms. The monoisotopic (exact) mass is 517 g/mol. The highest BCUT2D eigenvalue weighted by Gasteiger charge is 2.30. The van der Waals surface area contributed by atoms with Crippen molar-refractivity contribution in [2.45, 2.75) is 56.3 Å². The zero-order chi connectivity index (χ0) is 27.2. The minimum absolute atomic E-state index is 0.0354. The molecule has 13 nitrogen and oxygen atoms in total. The lowest BCUT2D eigenvalue weighted by molar-refractivity contribution is -0.142. The topological polar surface area (TPSA) is 226 Å². The van der Waals surface area contributed by atoms with Crippen molar-refractivity contribution in [3.8, 4) is 0 Å². The lowest BCUT2D eigenvalue weighted by atomic mass is 10.1. The Labute approximate surface area is 214 Å². The lowest BCUT2D eigenvalue weighted by Gasteiger charge is -2.24. The fourth-order valence-electron chi connectivity index (χ4n) is 3.55. The van der Waals surface area contributed by atoms with Crippen molar-refractivity contribution >= 4 is 23.7 Å². The smallest absolute Gasteiger partial charge is 0.326 e. The predicted octanol–water partition coefficient (Wildman–Crippen LogP) is -1.82. The van der Waals surface area contributed by atoms with Gasteiger partial charge < -0.3 is 42.6 Å². The van der Waals surface area contributed by atoms with Crippen LogP contribution in [0, 0.1) is 0 Å². The number of nitrogens with two attached hydrogens (primary N) is 2. The quantitative estimate of drug-likeness (QED) is 0.117. The molecule has 2 rings (SSSR count). The highest BCUT2D eigenvalue weighted by molar-refractivity contribution is 5.94. The van der Waals surface area contributed by atoms with Gasteiger partial charge in [0.05, 0.1) is 19.0 Å². The number of nitrogens with one attached hydrogen (secondary N) is 4. The second kappa shape index (κ2) is 15.3. The number of hydrogen-bond acceptors (Lipinski definition) is 8. The molecule has 0 bridgehead atoms. The zero-order valence-electron chi connectivity index (χ0n) is 20.4. The number of unbranched alkanes of at least 4 members (excludes halogenated alkanes) is 1. The van der Waals surface area contributed by atoms with Crippen molar-refractivity contribution < 1.29 is 29.4 Å². The van der Waals surface area contributed by atoms with Crippen molar-refractivity contribution in [2.24, 2.45) is 11.5 Å². The first kappa shape index (κ1) is 29.4. The number of benzene rings is 1. The lowest BCUT2D eigenvalue weighted by Crippen LogP contribution is -2.58. The maximum atomic E-state index is 13.0. The van der Waals surface area contributed by atoms with Crippen LogP contribution in [0.5, 0.6) is 0 Å². The van der Waals surface area contributed by atoms with Crippen molar-refractivity contribution in [1.29, 1.82) is 0 Å². The molecule has 37 heavy (non-hydrogen) atoms. The summed E-state index contributed by atoms with van der Waals surface area (Å²) in [4.78, 5) is 56.7. The van der Waals surface area contributed by atoms with Crippen LogP contribution >= 0.6 is 0 Å². The normalized spacial score (nSPS) is 14.1. The number of amides is 3. The molecular weight excluding hydrogens is 482 g/mol. The number of H-pyrrole nitrogens is 1. The Bertz CT molecular complexity index is 1000. The van der Waals surface area contributed by atoms with E-state index in [-0.39, 0.29) is 19.3 Å². The van der Waals surface area contributed by atoms with Gasteiger partial charge in [0, 0.05) is 18.3 Å². The van der Waals surface area contributed by atoms with Crippen LogP contribution in [0.2, 0.25) is 0 Å². The van der Waals surface area contributed by atoms with Gasteiger partial charge in [-0.2, -0.15) is 0 Å². The van der Waals surface area contributed by atoms with Crippen molar-refractivity contribution in [3.05, 3.63) is 54.1 Å². The number of aliphatic hydroxyl groups is 1. The average molecular weight is 518 g/mol. The number of carboxylic acid groups (broad SMARTS) is 1. The molecule has 202 valence electrons. The molecule has 0 radical (unpaired) electrons. The third-order valence-corrected chi connectivity index (χ3v) is 5.62. The zero-order valence-corrected chi connectivity index (χ0v) is 20.4. The highest BCUT2D eigenvalue weighted by Crippen LogP contribution is 2.06. The molecular formula is C24H35N7O6. The Morgan fingerprint density at radius 3 is 2.16 bits per heavy atom. The van der Waals surface area contributed by atoms with E-state index < -0.39 is 54.5 Å². The Kier molecular flexibility index (Phi) is 12.2. The van der Waals surface area contributed by atoms with E-state index in [1.807, 2.05) is 30.3 Å². The first-order chi connectivity index (χ1) is 17.7. The largest absolute Gasteiger partial charge is 0.480 e. The second-order valence-electron chi connectivity index (χ2n) is 8.57. The Morgan fingerprint density at radius 1 is 0.919 bits per heavy atom. The number of carboxylic acids is 1. The third kappa shape index (κ3) is 9.99. The molecule has 1 heterocycles. The van der Waals surface area contributed by atoms with Crippen LogP contribution in [0.4, 0.5) is 0 Å². The minimum atomic E-state index is -1.38. The molecule has 0 saturated carbocycles. The predicted molar refractivity (Wildman–Crippen MR) is 134 cm³/mol. The molecule has 4 atom stereocenters. The fourth-order valence-corrected chi connectivity index (χ4v) is 3.55. The maximum Gasteiger partial charge on any atom is 0.326 e. The maximum absolute atomic E-state index is 13.0. The number of carbonyl (C=O) groups excluding carboxylic acids is 3. The number of nitrogens with zero attached hydrogens (tertiary/aromatic N) is 1. The molecule has 0 aliphatic rings. The van der Waals surface area contributed by atoms with Crippen molar-refractivity contribution in [2.75, 3.05) is 13.2 Å². The van der Waals surface area contributed by atoms with E-state index >= 15 is 0 Å². The van der Waals surface area contributed by atoms with E-state index in [0.717, 1.165) is 5.56 Å². The van der Waals surface area contributed by atoms with Gasteiger partial charge in [-0.05, 0) is 37.8 Å². The third-order valence-electron chi connectivity index (χ3n) is 5.62. The van der Waals surface area contributed by atoms with Gasteiger partial charge in [0.15, 0.2) is 0 Å². The Morgan fingerprint density at radius 2 is 1.57 bits per heavy atom. The summed E-state index contributed by atoms with van der Waals surface area (Å²) < 4.78 is 0. The number of rotatable bonds is 16. The van der Waals surface area contributed by atoms with Gasteiger partial charge in [-0.3, -0.25) is 14.4 Å². The molecule has 1 aromatic heterocycles. The van der Waals surface area contributed by atoms with Crippen LogP contribution in [-0.4, -0.2) is 81.2 Å². The first-order valence-corrected chi connectivity index (χ1v) is 12.0. The van der Waals surface area contributed by atoms with Crippen LogP contribution in [0.15, 0.2) is 42.9 Å². The summed E-state index contributed by atoms with van der Waals surface area (Å²) >= 11 is 0. The van der Waals surface area contributed by atoms with Gasteiger partial charge in [0.25, 0.3) is 0 Å². The van der Waals surface area contributed by atoms with Gasteiger partial charge in [0.2, 0.25) is 17.7 Å². The van der Waals surface area contributed by atoms with E-state index in [9.17, 15) is 29.4 Å². The number of aromatic amines is 1. The molecule has 3 amide bonds. The number of aromatic nitrogens is 2. The van der Waals surface area contributed by atoms with E-state index in [1.54, 1.807) is 0 Å². The van der Waals surface area contributed by atoms with Gasteiger partial charge in [0.1, 0.15) is 18.1 Å². The first-order valence-electron chi connectivity index (χ1n) is 12.0. The summed E-state index contributed by atoms with van der Waals surface area (Å²) in [6.07, 6.45) is 4.29. The standard InChI is InChI=1S/C24H35N7O6/c25-9-5-4-8-18(24(36)37)29-22(34)19(11-16-12-27-14-28-16)30-23(35)20(13-32)31-21(33)17(26)10-15-6-2-1-3-7-15/h1-3,6-7,12,14,17-20,32H,4-5,8-11,13,25-26H2,(H,27,28)(H,29,34)(H,30,35)(H,31,33)(H,36,37).